The summed E-state index contributed by atoms with van der Waals surface area (Å²) in [5.74, 6) is 0. The zero-order valence-corrected chi connectivity index (χ0v) is 12.0. The van der Waals surface area contributed by atoms with Crippen molar-refractivity contribution in [3.63, 3.8) is 0 Å². The number of fused-ring (bicyclic) bond motifs is 1. The Kier molecular flexibility index (Phi) is 3.52. The molecule has 0 radical (unpaired) electrons. The fraction of sp³-hybridized carbons (Fsp3) is 0.571. The molecule has 4 heteroatoms. The van der Waals surface area contributed by atoms with Crippen molar-refractivity contribution in [2.24, 2.45) is 0 Å². The lowest BCUT2D eigenvalue weighted by molar-refractivity contribution is 0.470. The summed E-state index contributed by atoms with van der Waals surface area (Å²) in [4.78, 5) is 0. The van der Waals surface area contributed by atoms with Crippen LogP contribution in [0.15, 0.2) is 24.3 Å². The minimum Gasteiger partial charge on any atom is -0.308 e. The van der Waals surface area contributed by atoms with Gasteiger partial charge in [-0.05, 0) is 37.8 Å². The molecule has 0 saturated carbocycles. The second-order valence-corrected chi connectivity index (χ2v) is 8.35. The molecule has 0 fully saturated rings. The first kappa shape index (κ1) is 13.6. The first-order chi connectivity index (χ1) is 8.31. The number of hydrogen-bond acceptors (Lipinski definition) is 3. The molecule has 1 aliphatic rings. The van der Waals surface area contributed by atoms with Gasteiger partial charge in [-0.1, -0.05) is 24.3 Å². The lowest BCUT2D eigenvalue weighted by Crippen LogP contribution is -2.42. The van der Waals surface area contributed by atoms with E-state index in [4.69, 9.17) is 0 Å². The highest BCUT2D eigenvalue weighted by molar-refractivity contribution is 7.92. The molecule has 0 aliphatic heterocycles. The van der Waals surface area contributed by atoms with Gasteiger partial charge in [-0.15, -0.1) is 0 Å². The zero-order valence-electron chi connectivity index (χ0n) is 11.2. The van der Waals surface area contributed by atoms with Crippen molar-refractivity contribution in [3.05, 3.63) is 35.4 Å². The SMILES string of the molecule is CC(C)(CNC1CCc2ccccc21)S(C)(=O)=O. The summed E-state index contributed by atoms with van der Waals surface area (Å²) in [6, 6.07) is 8.68. The molecule has 0 saturated heterocycles. The number of sulfone groups is 1. The summed E-state index contributed by atoms with van der Waals surface area (Å²) < 4.78 is 22.6. The molecule has 1 aromatic rings. The van der Waals surface area contributed by atoms with Crippen LogP contribution in [0.1, 0.15) is 37.4 Å². The molecule has 0 spiro atoms. The lowest BCUT2D eigenvalue weighted by Gasteiger charge is -2.25. The third kappa shape index (κ3) is 2.59. The molecule has 100 valence electrons. The average molecular weight is 267 g/mol. The molecule has 1 aromatic carbocycles. The zero-order chi connectivity index (χ0) is 13.4. The normalized spacial score (nSPS) is 19.8. The highest BCUT2D eigenvalue weighted by Crippen LogP contribution is 2.31. The van der Waals surface area contributed by atoms with E-state index in [1.165, 1.54) is 17.4 Å². The summed E-state index contributed by atoms with van der Waals surface area (Å²) >= 11 is 0. The lowest BCUT2D eigenvalue weighted by atomic mass is 10.1. The van der Waals surface area contributed by atoms with Gasteiger partial charge in [0.05, 0.1) is 4.75 Å². The van der Waals surface area contributed by atoms with Gasteiger partial charge in [-0.3, -0.25) is 0 Å². The van der Waals surface area contributed by atoms with Gasteiger partial charge in [0.2, 0.25) is 0 Å². The van der Waals surface area contributed by atoms with E-state index in [1.54, 1.807) is 13.8 Å². The summed E-state index contributed by atoms with van der Waals surface area (Å²) in [6.45, 7) is 4.04. The molecule has 0 heterocycles. The largest absolute Gasteiger partial charge is 0.308 e. The van der Waals surface area contributed by atoms with E-state index >= 15 is 0 Å². The van der Waals surface area contributed by atoms with E-state index in [1.807, 2.05) is 6.07 Å². The van der Waals surface area contributed by atoms with Crippen molar-refractivity contribution >= 4 is 9.84 Å². The van der Waals surface area contributed by atoms with Gasteiger partial charge in [0.15, 0.2) is 9.84 Å². The fourth-order valence-corrected chi connectivity index (χ4v) is 2.61. The maximum absolute atomic E-state index is 11.7. The Morgan fingerprint density at radius 2 is 2.00 bits per heavy atom. The topological polar surface area (TPSA) is 46.2 Å². The van der Waals surface area contributed by atoms with Crippen LogP contribution in [-0.4, -0.2) is 26.0 Å². The molecular formula is C14H21NO2S. The van der Waals surface area contributed by atoms with E-state index < -0.39 is 14.6 Å². The molecule has 1 aliphatic carbocycles. The first-order valence-corrected chi connectivity index (χ1v) is 8.21. The van der Waals surface area contributed by atoms with Crippen LogP contribution < -0.4 is 5.32 Å². The summed E-state index contributed by atoms with van der Waals surface area (Å²) in [5, 5.41) is 3.41. The number of benzene rings is 1. The first-order valence-electron chi connectivity index (χ1n) is 6.32. The van der Waals surface area contributed by atoms with Gasteiger partial charge in [0, 0.05) is 18.8 Å². The Hall–Kier alpha value is -0.870. The van der Waals surface area contributed by atoms with Crippen molar-refractivity contribution in [3.8, 4) is 0 Å². The van der Waals surface area contributed by atoms with Gasteiger partial charge in [-0.25, -0.2) is 8.42 Å². The summed E-state index contributed by atoms with van der Waals surface area (Å²) in [6.07, 6.45) is 3.43. The van der Waals surface area contributed by atoms with Crippen LogP contribution in [0.3, 0.4) is 0 Å². The summed E-state index contributed by atoms with van der Waals surface area (Å²) in [7, 11) is -3.03. The minimum atomic E-state index is -3.03. The third-order valence-corrected chi connectivity index (χ3v) is 6.06. The fourth-order valence-electron chi connectivity index (χ4n) is 2.27. The predicted molar refractivity (Wildman–Crippen MR) is 74.4 cm³/mol. The number of aryl methyl sites for hydroxylation is 1. The van der Waals surface area contributed by atoms with E-state index in [2.05, 4.69) is 23.5 Å². The number of rotatable bonds is 4. The van der Waals surface area contributed by atoms with Crippen molar-refractivity contribution < 1.29 is 8.42 Å². The highest BCUT2D eigenvalue weighted by atomic mass is 32.2. The van der Waals surface area contributed by atoms with Crippen LogP contribution in [0.5, 0.6) is 0 Å². The maximum atomic E-state index is 11.7. The third-order valence-electron chi connectivity index (χ3n) is 3.91. The van der Waals surface area contributed by atoms with Crippen LogP contribution >= 0.6 is 0 Å². The van der Waals surface area contributed by atoms with Gasteiger partial charge >= 0.3 is 0 Å². The Bertz CT molecular complexity index is 534. The predicted octanol–water partition coefficient (Wildman–Crippen LogP) is 2.09. The average Bonchev–Trinajstić information content (AvgIpc) is 2.68. The Balaban J connectivity index is 2.06. The highest BCUT2D eigenvalue weighted by Gasteiger charge is 2.32. The van der Waals surface area contributed by atoms with Gasteiger partial charge < -0.3 is 5.32 Å². The van der Waals surface area contributed by atoms with Crippen molar-refractivity contribution in [1.82, 2.24) is 5.32 Å². The van der Waals surface area contributed by atoms with Gasteiger partial charge in [0.1, 0.15) is 0 Å². The Morgan fingerprint density at radius 3 is 2.67 bits per heavy atom. The monoisotopic (exact) mass is 267 g/mol. The van der Waals surface area contributed by atoms with Gasteiger partial charge in [0.25, 0.3) is 0 Å². The van der Waals surface area contributed by atoms with Crippen LogP contribution in [0.4, 0.5) is 0 Å². The smallest absolute Gasteiger partial charge is 0.153 e. The van der Waals surface area contributed by atoms with Gasteiger partial charge in [-0.2, -0.15) is 0 Å². The van der Waals surface area contributed by atoms with E-state index in [0.29, 0.717) is 12.6 Å². The Labute approximate surface area is 110 Å². The van der Waals surface area contributed by atoms with Crippen molar-refractivity contribution in [2.75, 3.05) is 12.8 Å². The van der Waals surface area contributed by atoms with Crippen LogP contribution in [0.2, 0.25) is 0 Å². The quantitative estimate of drug-likeness (QED) is 0.908. The molecule has 1 N–H and O–H groups in total. The molecule has 2 rings (SSSR count). The standard InChI is InChI=1S/C14H21NO2S/c1-14(2,18(3,16)17)10-15-13-9-8-11-6-4-5-7-12(11)13/h4-7,13,15H,8-10H2,1-3H3. The minimum absolute atomic E-state index is 0.294. The van der Waals surface area contributed by atoms with Crippen LogP contribution in [0.25, 0.3) is 0 Å². The molecule has 0 amide bonds. The molecule has 18 heavy (non-hydrogen) atoms. The number of nitrogens with one attached hydrogen (secondary N) is 1. The summed E-state index contributed by atoms with van der Waals surface area (Å²) in [5.41, 5.74) is 2.70. The molecule has 1 atom stereocenters. The molecule has 3 nitrogen and oxygen atoms in total. The van der Waals surface area contributed by atoms with E-state index in [9.17, 15) is 8.42 Å². The van der Waals surface area contributed by atoms with Crippen molar-refractivity contribution in [2.45, 2.75) is 37.5 Å². The van der Waals surface area contributed by atoms with Crippen LogP contribution in [0, 0.1) is 0 Å². The Morgan fingerprint density at radius 1 is 1.33 bits per heavy atom. The van der Waals surface area contributed by atoms with Crippen LogP contribution in [-0.2, 0) is 16.3 Å². The van der Waals surface area contributed by atoms with E-state index in [0.717, 1.165) is 12.8 Å². The van der Waals surface area contributed by atoms with Crippen molar-refractivity contribution in [1.29, 1.82) is 0 Å². The second-order valence-electron chi connectivity index (χ2n) is 5.70. The molecule has 1 unspecified atom stereocenters. The second kappa shape index (κ2) is 4.67. The van der Waals surface area contributed by atoms with E-state index in [-0.39, 0.29) is 0 Å². The molecular weight excluding hydrogens is 246 g/mol. The maximum Gasteiger partial charge on any atom is 0.153 e. The number of hydrogen-bond donors (Lipinski definition) is 1. The molecule has 0 bridgehead atoms. The molecule has 0 aromatic heterocycles.